The molecule has 1 aromatic carbocycles. The zero-order chi connectivity index (χ0) is 21.6. The number of amidine groups is 1. The maximum atomic E-state index is 6.17. The Morgan fingerprint density at radius 2 is 1.97 bits per heavy atom. The van der Waals surface area contributed by atoms with Crippen molar-refractivity contribution < 1.29 is 4.74 Å². The molecule has 158 valence electrons. The molecule has 2 N–H and O–H groups in total. The Bertz CT molecular complexity index is 1160. The molecule has 1 fully saturated rings. The van der Waals surface area contributed by atoms with E-state index in [2.05, 4.69) is 41.9 Å². The van der Waals surface area contributed by atoms with Crippen LogP contribution < -0.4 is 5.73 Å². The first-order chi connectivity index (χ1) is 15.0. The number of rotatable bonds is 2. The van der Waals surface area contributed by atoms with Crippen LogP contribution in [0.1, 0.15) is 54.9 Å². The lowest BCUT2D eigenvalue weighted by Crippen LogP contribution is -2.43. The third-order valence-corrected chi connectivity index (χ3v) is 7.31. The second kappa shape index (κ2) is 7.32. The fourth-order valence-corrected chi connectivity index (χ4v) is 5.82. The summed E-state index contributed by atoms with van der Waals surface area (Å²) < 4.78 is 5.65. The Kier molecular flexibility index (Phi) is 4.71. The molecule has 5 rings (SSSR count). The van der Waals surface area contributed by atoms with Gasteiger partial charge in [0.2, 0.25) is 0 Å². The Labute approximate surface area is 183 Å². The van der Waals surface area contributed by atoms with Gasteiger partial charge in [-0.25, -0.2) is 4.99 Å². The minimum atomic E-state index is -0.623. The highest BCUT2D eigenvalue weighted by Crippen LogP contribution is 2.61. The first kappa shape index (κ1) is 20.0. The molecule has 2 aromatic rings. The summed E-state index contributed by atoms with van der Waals surface area (Å²) in [5.41, 5.74) is 12.4. The van der Waals surface area contributed by atoms with E-state index < -0.39 is 5.66 Å². The quantitative estimate of drug-likeness (QED) is 0.753. The van der Waals surface area contributed by atoms with Crippen molar-refractivity contribution in [1.82, 2.24) is 4.98 Å². The number of ether oxygens (including phenoxy) is 1. The predicted octanol–water partition coefficient (Wildman–Crippen LogP) is 4.15. The molecule has 0 bridgehead atoms. The van der Waals surface area contributed by atoms with Gasteiger partial charge in [0.05, 0.1) is 12.3 Å². The van der Waals surface area contributed by atoms with Crippen molar-refractivity contribution in [3.63, 3.8) is 0 Å². The Balaban J connectivity index is 1.64. The molecule has 1 aliphatic heterocycles. The number of fused-ring (bicyclic) bond motifs is 3. The van der Waals surface area contributed by atoms with Gasteiger partial charge in [-0.2, -0.15) is 0 Å². The van der Waals surface area contributed by atoms with Crippen LogP contribution in [0.25, 0.3) is 11.1 Å². The van der Waals surface area contributed by atoms with Crippen LogP contribution in [-0.2, 0) is 16.8 Å². The van der Waals surface area contributed by atoms with Crippen molar-refractivity contribution in [2.45, 2.75) is 57.7 Å². The van der Waals surface area contributed by atoms with E-state index in [0.717, 1.165) is 48.8 Å². The number of nitrogens with zero attached hydrogens (tertiary/aromatic N) is 3. The molecule has 1 unspecified atom stereocenters. The lowest BCUT2D eigenvalue weighted by molar-refractivity contribution is -0.000296. The SMILES string of the molecule is CC#Cc1cncc(-c2cc3c(cc2C)CC2(CCC(OC)CC2)C32N=CC(N)=N2)c1. The van der Waals surface area contributed by atoms with Gasteiger partial charge in [0.15, 0.2) is 5.66 Å². The van der Waals surface area contributed by atoms with E-state index in [-0.39, 0.29) is 5.41 Å². The Morgan fingerprint density at radius 3 is 2.65 bits per heavy atom. The van der Waals surface area contributed by atoms with Gasteiger partial charge >= 0.3 is 0 Å². The molecular formula is C26H28N4O. The highest BCUT2D eigenvalue weighted by Gasteiger charge is 2.60. The summed E-state index contributed by atoms with van der Waals surface area (Å²) in [6.45, 7) is 4.01. The van der Waals surface area contributed by atoms with Crippen molar-refractivity contribution in [2.24, 2.45) is 21.1 Å². The summed E-state index contributed by atoms with van der Waals surface area (Å²) in [4.78, 5) is 14.4. The molecular weight excluding hydrogens is 384 g/mol. The summed E-state index contributed by atoms with van der Waals surface area (Å²) in [5, 5.41) is 0. The van der Waals surface area contributed by atoms with Crippen LogP contribution in [-0.4, -0.2) is 30.2 Å². The highest BCUT2D eigenvalue weighted by atomic mass is 16.5. The molecule has 0 saturated heterocycles. The largest absolute Gasteiger partial charge is 0.383 e. The minimum Gasteiger partial charge on any atom is -0.383 e. The van der Waals surface area contributed by atoms with E-state index in [1.165, 1.54) is 16.7 Å². The average Bonchev–Trinajstić information content (AvgIpc) is 3.27. The summed E-state index contributed by atoms with van der Waals surface area (Å²) in [6, 6.07) is 6.71. The van der Waals surface area contributed by atoms with Gasteiger partial charge in [-0.05, 0) is 74.8 Å². The van der Waals surface area contributed by atoms with Crippen molar-refractivity contribution in [3.05, 3.63) is 52.8 Å². The third-order valence-electron chi connectivity index (χ3n) is 7.31. The smallest absolute Gasteiger partial charge is 0.184 e. The summed E-state index contributed by atoms with van der Waals surface area (Å²) in [6.07, 6.45) is 10.9. The van der Waals surface area contributed by atoms with E-state index in [1.54, 1.807) is 12.4 Å². The molecule has 0 amide bonds. The summed E-state index contributed by atoms with van der Waals surface area (Å²) in [7, 11) is 1.81. The van der Waals surface area contributed by atoms with Crippen LogP contribution >= 0.6 is 0 Å². The number of hydrogen-bond donors (Lipinski definition) is 1. The second-order valence-electron chi connectivity index (χ2n) is 9.02. The van der Waals surface area contributed by atoms with Crippen molar-refractivity contribution in [2.75, 3.05) is 7.11 Å². The monoisotopic (exact) mass is 412 g/mol. The molecule has 1 atom stereocenters. The van der Waals surface area contributed by atoms with E-state index in [9.17, 15) is 0 Å². The lowest BCUT2D eigenvalue weighted by Gasteiger charge is -2.44. The van der Waals surface area contributed by atoms with Gasteiger partial charge in [0.25, 0.3) is 0 Å². The number of benzene rings is 1. The van der Waals surface area contributed by atoms with Crippen LogP contribution in [0.5, 0.6) is 0 Å². The van der Waals surface area contributed by atoms with Crippen molar-refractivity contribution in [3.8, 4) is 23.0 Å². The maximum absolute atomic E-state index is 6.17. The zero-order valence-electron chi connectivity index (χ0n) is 18.4. The fraction of sp³-hybridized carbons (Fsp3) is 0.423. The fourth-order valence-electron chi connectivity index (χ4n) is 5.82. The van der Waals surface area contributed by atoms with E-state index in [1.807, 2.05) is 20.2 Å². The third kappa shape index (κ3) is 3.01. The molecule has 5 nitrogen and oxygen atoms in total. The number of methoxy groups -OCH3 is 1. The zero-order valence-corrected chi connectivity index (χ0v) is 18.4. The van der Waals surface area contributed by atoms with Gasteiger partial charge in [-0.3, -0.25) is 9.98 Å². The highest BCUT2D eigenvalue weighted by molar-refractivity contribution is 6.30. The predicted molar refractivity (Wildman–Crippen MR) is 124 cm³/mol. The molecule has 5 heteroatoms. The van der Waals surface area contributed by atoms with E-state index >= 15 is 0 Å². The number of nitrogens with two attached hydrogens (primary N) is 1. The van der Waals surface area contributed by atoms with Crippen molar-refractivity contribution in [1.29, 1.82) is 0 Å². The molecule has 1 saturated carbocycles. The Morgan fingerprint density at radius 1 is 1.16 bits per heavy atom. The van der Waals surface area contributed by atoms with E-state index in [4.69, 9.17) is 20.5 Å². The molecule has 2 aliphatic carbocycles. The number of pyridine rings is 1. The minimum absolute atomic E-state index is 0.0408. The topological polar surface area (TPSA) is 72.9 Å². The number of hydrogen-bond acceptors (Lipinski definition) is 5. The first-order valence-electron chi connectivity index (χ1n) is 11.0. The van der Waals surface area contributed by atoms with Crippen LogP contribution in [0.15, 0.2) is 40.6 Å². The van der Waals surface area contributed by atoms with Gasteiger partial charge in [-0.1, -0.05) is 12.0 Å². The van der Waals surface area contributed by atoms with Crippen LogP contribution in [0, 0.1) is 24.2 Å². The molecule has 3 aliphatic rings. The van der Waals surface area contributed by atoms with Gasteiger partial charge in [-0.15, -0.1) is 5.92 Å². The summed E-state index contributed by atoms with van der Waals surface area (Å²) >= 11 is 0. The van der Waals surface area contributed by atoms with Crippen LogP contribution in [0.4, 0.5) is 0 Å². The molecule has 31 heavy (non-hydrogen) atoms. The Hall–Kier alpha value is -2.97. The average molecular weight is 413 g/mol. The first-order valence-corrected chi connectivity index (χ1v) is 11.0. The van der Waals surface area contributed by atoms with Gasteiger partial charge in [0, 0.05) is 41.6 Å². The maximum Gasteiger partial charge on any atom is 0.184 e. The number of aryl methyl sites for hydroxylation is 1. The van der Waals surface area contributed by atoms with Crippen LogP contribution in [0.3, 0.4) is 0 Å². The molecule has 0 radical (unpaired) electrons. The molecule has 1 aromatic heterocycles. The van der Waals surface area contributed by atoms with Gasteiger partial charge in [0.1, 0.15) is 5.84 Å². The lowest BCUT2D eigenvalue weighted by atomic mass is 9.65. The number of aliphatic imine (C=N–C) groups is 2. The van der Waals surface area contributed by atoms with Crippen LogP contribution in [0.2, 0.25) is 0 Å². The molecule has 2 heterocycles. The van der Waals surface area contributed by atoms with Crippen molar-refractivity contribution >= 4 is 12.1 Å². The summed E-state index contributed by atoms with van der Waals surface area (Å²) in [5.74, 6) is 6.59. The standard InChI is InChI=1S/C26H28N4O/c1-4-5-18-11-20(15-28-14-18)22-12-23-19(10-17(22)2)13-25(8-6-21(31-3)7-9-25)26(23)29-16-24(27)30-26/h10-12,14-16,21H,6-9,13H2,1-3H3,(H2,27,30). The normalized spacial score (nSPS) is 28.5. The van der Waals surface area contributed by atoms with E-state index in [0.29, 0.717) is 11.9 Å². The molecule has 2 spiro atoms. The number of aromatic nitrogens is 1. The second-order valence-corrected chi connectivity index (χ2v) is 9.02. The van der Waals surface area contributed by atoms with Gasteiger partial charge < -0.3 is 10.5 Å².